The molecule has 3 aromatic carbocycles. The van der Waals surface area contributed by atoms with E-state index in [1.807, 2.05) is 50.5 Å². The number of anilines is 2. The van der Waals surface area contributed by atoms with E-state index < -0.39 is 17.8 Å². The van der Waals surface area contributed by atoms with Crippen molar-refractivity contribution >= 4 is 65.9 Å². The van der Waals surface area contributed by atoms with Crippen molar-refractivity contribution in [1.29, 1.82) is 0 Å². The third-order valence-corrected chi connectivity index (χ3v) is 18.0. The third kappa shape index (κ3) is 10.1. The number of hydrogen-bond donors (Lipinski definition) is 3. The summed E-state index contributed by atoms with van der Waals surface area (Å²) in [5, 5.41) is 12.6. The molecule has 15 nitrogen and oxygen atoms in total. The summed E-state index contributed by atoms with van der Waals surface area (Å²) < 4.78 is 22.1. The second kappa shape index (κ2) is 22.1. The number of benzene rings is 3. The Hall–Kier alpha value is -6.08. The first-order chi connectivity index (χ1) is 37.0. The first-order valence-corrected chi connectivity index (χ1v) is 28.1. The van der Waals surface area contributed by atoms with E-state index in [1.165, 1.54) is 11.6 Å². The fourth-order valence-electron chi connectivity index (χ4n) is 13.6. The highest BCUT2D eigenvalue weighted by atomic mass is 31.0. The molecule has 5 fully saturated rings. The number of fused-ring (bicyclic) bond motifs is 6. The number of carbonyl (C=O) groups is 3. The normalized spacial score (nSPS) is 22.9. The summed E-state index contributed by atoms with van der Waals surface area (Å²) in [6, 6.07) is 15.9. The molecule has 5 aromatic rings. The minimum Gasteiger partial charge on any atom is -0.461 e. The van der Waals surface area contributed by atoms with E-state index in [-0.39, 0.29) is 17.0 Å². The van der Waals surface area contributed by atoms with Gasteiger partial charge in [-0.05, 0) is 113 Å². The average molecular weight is 1050 g/mol. The van der Waals surface area contributed by atoms with E-state index in [0.29, 0.717) is 72.7 Å². The number of nitrogens with one attached hydrogen (secondary N) is 3. The molecule has 5 saturated heterocycles. The molecule has 76 heavy (non-hydrogen) atoms. The Morgan fingerprint density at radius 2 is 1.88 bits per heavy atom. The summed E-state index contributed by atoms with van der Waals surface area (Å²) >= 11 is 0. The molecule has 398 valence electrons. The van der Waals surface area contributed by atoms with Crippen molar-refractivity contribution < 1.29 is 23.5 Å². The number of amides is 3. The number of piperazine rings is 1. The first-order valence-electron chi connectivity index (χ1n) is 27.5. The number of rotatable bonds is 19. The molecule has 6 atom stereocenters. The molecule has 11 rings (SSSR count). The van der Waals surface area contributed by atoms with E-state index >= 15 is 4.39 Å². The molecular weight excluding hydrogens is 977 g/mol. The second-order valence-corrected chi connectivity index (χ2v) is 22.8. The van der Waals surface area contributed by atoms with E-state index in [1.54, 1.807) is 11.0 Å². The van der Waals surface area contributed by atoms with E-state index in [2.05, 4.69) is 63.4 Å². The van der Waals surface area contributed by atoms with Gasteiger partial charge < -0.3 is 35.0 Å². The highest BCUT2D eigenvalue weighted by molar-refractivity contribution is 7.28. The van der Waals surface area contributed by atoms with E-state index in [4.69, 9.17) is 26.1 Å². The summed E-state index contributed by atoms with van der Waals surface area (Å²) in [6.07, 6.45) is 17.9. The van der Waals surface area contributed by atoms with Crippen LogP contribution in [0.1, 0.15) is 92.6 Å². The van der Waals surface area contributed by atoms with Crippen LogP contribution in [0.25, 0.3) is 32.9 Å². The number of terminal acetylenes is 1. The lowest BCUT2D eigenvalue weighted by molar-refractivity contribution is -0.129. The molecule has 6 aliphatic rings. The van der Waals surface area contributed by atoms with Gasteiger partial charge in [-0.15, -0.1) is 15.7 Å². The van der Waals surface area contributed by atoms with Gasteiger partial charge in [-0.3, -0.25) is 29.6 Å². The molecule has 0 spiro atoms. The maximum Gasteiger partial charge on any atom is 0.319 e. The Bertz CT molecular complexity index is 3090. The number of likely N-dealkylation sites (N-methyl/N-ethyl adjacent to an activating group) is 1. The Labute approximate surface area is 448 Å². The van der Waals surface area contributed by atoms with Crippen LogP contribution >= 0.6 is 9.24 Å². The van der Waals surface area contributed by atoms with Crippen LogP contribution in [0.5, 0.6) is 6.01 Å². The number of pyridine rings is 1. The Morgan fingerprint density at radius 1 is 1.07 bits per heavy atom. The fourth-order valence-corrected chi connectivity index (χ4v) is 14.0. The van der Waals surface area contributed by atoms with Crippen molar-refractivity contribution in [3.63, 3.8) is 0 Å². The van der Waals surface area contributed by atoms with Crippen LogP contribution in [0.4, 0.5) is 15.9 Å². The van der Waals surface area contributed by atoms with Gasteiger partial charge in [0.15, 0.2) is 0 Å². The Kier molecular flexibility index (Phi) is 15.1. The van der Waals surface area contributed by atoms with Crippen molar-refractivity contribution in [2.24, 2.45) is 5.92 Å². The highest BCUT2D eigenvalue weighted by Crippen LogP contribution is 2.45. The quantitative estimate of drug-likeness (QED) is 0.0375. The summed E-state index contributed by atoms with van der Waals surface area (Å²) in [5.74, 6) is 3.01. The molecule has 3 N–H and O–H groups in total. The number of piperidine rings is 1. The number of imide groups is 1. The Morgan fingerprint density at radius 3 is 2.64 bits per heavy atom. The SMILES string of the molecule is C#Cc1c(F)ccc2cccc(-c3ncc4c(N5CC6CCC(C5)N6)nc(OCC56CCC(CN(CCNC)CCC7CCN(c8ccc9c(c8)CN(C(CCC)C(=O)NC=O)C9=O)CC7)N5CC(=C)C6)nc4c3P)c12. The molecule has 6 aliphatic heterocycles. The van der Waals surface area contributed by atoms with Crippen LogP contribution in [0, 0.1) is 24.1 Å². The number of ether oxygens (including phenoxy) is 1. The van der Waals surface area contributed by atoms with Crippen LogP contribution in [0.3, 0.4) is 0 Å². The minimum absolute atomic E-state index is 0.155. The fraction of sp³-hybridized carbons (Fsp3) is 0.492. The van der Waals surface area contributed by atoms with Gasteiger partial charge in [0.05, 0.1) is 27.7 Å². The highest BCUT2D eigenvalue weighted by Gasteiger charge is 2.51. The van der Waals surface area contributed by atoms with Gasteiger partial charge in [-0.1, -0.05) is 55.7 Å². The molecule has 0 aliphatic carbocycles. The lowest BCUT2D eigenvalue weighted by atomic mass is 9.92. The van der Waals surface area contributed by atoms with E-state index in [0.717, 1.165) is 161 Å². The van der Waals surface area contributed by atoms with Gasteiger partial charge in [0.1, 0.15) is 24.3 Å². The summed E-state index contributed by atoms with van der Waals surface area (Å²) in [4.78, 5) is 64.4. The number of nitrogens with zero attached hydrogens (tertiary/aromatic N) is 8. The lowest BCUT2D eigenvalue weighted by Crippen LogP contribution is -2.51. The zero-order chi connectivity index (χ0) is 52.7. The first kappa shape index (κ1) is 52.0. The number of aromatic nitrogens is 3. The minimum atomic E-state index is -0.675. The van der Waals surface area contributed by atoms with Crippen molar-refractivity contribution in [2.75, 3.05) is 82.4 Å². The summed E-state index contributed by atoms with van der Waals surface area (Å²) in [5.41, 5.74) is 6.05. The summed E-state index contributed by atoms with van der Waals surface area (Å²) in [7, 11) is 4.91. The molecule has 0 radical (unpaired) electrons. The van der Waals surface area contributed by atoms with Gasteiger partial charge in [0.2, 0.25) is 12.3 Å². The van der Waals surface area contributed by atoms with Crippen LogP contribution in [0.2, 0.25) is 0 Å². The van der Waals surface area contributed by atoms with Crippen LogP contribution in [-0.4, -0.2) is 150 Å². The molecule has 2 aromatic heterocycles. The number of carbonyl (C=O) groups excluding carboxylic acids is 3. The van der Waals surface area contributed by atoms with Crippen LogP contribution in [-0.2, 0) is 16.1 Å². The van der Waals surface area contributed by atoms with Crippen molar-refractivity contribution in [3.05, 3.63) is 89.4 Å². The Balaban J connectivity index is 0.770. The predicted octanol–water partition coefficient (Wildman–Crippen LogP) is 6.17. The zero-order valence-electron chi connectivity index (χ0n) is 44.0. The van der Waals surface area contributed by atoms with Crippen molar-refractivity contribution in [3.8, 4) is 29.6 Å². The molecule has 17 heteroatoms. The average Bonchev–Trinajstić information content (AvgIpc) is 4.20. The van der Waals surface area contributed by atoms with Crippen molar-refractivity contribution in [2.45, 2.75) is 107 Å². The molecule has 8 heterocycles. The zero-order valence-corrected chi connectivity index (χ0v) is 45.1. The predicted molar refractivity (Wildman–Crippen MR) is 301 cm³/mol. The van der Waals surface area contributed by atoms with E-state index in [9.17, 15) is 14.4 Å². The maximum absolute atomic E-state index is 15.2. The standard InChI is InChI=1S/C59H71FN11O4P/c1-5-8-50(56(73)63-36-72)70-31-40-27-43(14-15-46(40)57(70)74)68-24-19-38(20-25-68)18-23-67(26-22-61-4)34-44-17-21-59(28-37(3)30-71(44)59)35-75-58-65-53-48(55(66-58)69-32-41-12-13-42(33-69)64-41)29-62-52(54(53)76)47-10-7-9-39-11-16-49(60)45(6-2)51(39)47/h2,7,9-11,14-16,27,29,36,38,41-42,44,50,61,64H,3,5,8,12-13,17-26,28,30-35,76H2,1,4H3,(H,63,72,73). The van der Waals surface area contributed by atoms with Crippen molar-refractivity contribution in [1.82, 2.24) is 45.6 Å². The monoisotopic (exact) mass is 1050 g/mol. The molecule has 3 amide bonds. The molecule has 0 saturated carbocycles. The second-order valence-electron chi connectivity index (χ2n) is 22.2. The maximum atomic E-state index is 15.2. The smallest absolute Gasteiger partial charge is 0.319 e. The van der Waals surface area contributed by atoms with Crippen LogP contribution < -0.4 is 35.8 Å². The molecule has 6 unspecified atom stereocenters. The van der Waals surface area contributed by atoms with Gasteiger partial charge >= 0.3 is 6.01 Å². The molecule has 2 bridgehead atoms. The van der Waals surface area contributed by atoms with Gasteiger partial charge in [-0.25, -0.2) is 4.39 Å². The van der Waals surface area contributed by atoms with Crippen LogP contribution in [0.15, 0.2) is 66.9 Å². The number of halogens is 1. The topological polar surface area (TPSA) is 151 Å². The lowest BCUT2D eigenvalue weighted by Gasteiger charge is -2.37. The molecular formula is C59H71FN11O4P. The van der Waals surface area contributed by atoms with Gasteiger partial charge in [0, 0.05) is 111 Å². The largest absolute Gasteiger partial charge is 0.461 e. The van der Waals surface area contributed by atoms with Gasteiger partial charge in [0.25, 0.3) is 5.91 Å². The third-order valence-electron chi connectivity index (χ3n) is 17.4. The van der Waals surface area contributed by atoms with Gasteiger partial charge in [-0.2, -0.15) is 9.97 Å². The summed E-state index contributed by atoms with van der Waals surface area (Å²) in [6.45, 7) is 15.6. The number of hydrogen-bond acceptors (Lipinski definition) is 13.